The standard InChI is InChI=1S/C26H22ClNO5/c1-16-25(18-7-9-19(27)10-8-18)26(31)21-12-11-20(13-23(21)33-16)32-15-24(30)28-22(14-29)17-5-3-2-4-6-17/h2-13,22,29H,14-15H2,1H3,(H,28,30)/t22-/m0/s1. The van der Waals surface area contributed by atoms with E-state index in [-0.39, 0.29) is 24.5 Å². The fourth-order valence-corrected chi connectivity index (χ4v) is 3.76. The van der Waals surface area contributed by atoms with Gasteiger partial charge in [-0.2, -0.15) is 0 Å². The van der Waals surface area contributed by atoms with Crippen molar-refractivity contribution in [1.29, 1.82) is 0 Å². The van der Waals surface area contributed by atoms with E-state index in [1.165, 1.54) is 0 Å². The molecule has 4 rings (SSSR count). The van der Waals surface area contributed by atoms with Crippen LogP contribution in [0.2, 0.25) is 5.02 Å². The van der Waals surface area contributed by atoms with Crippen LogP contribution in [0.15, 0.2) is 82.0 Å². The molecule has 1 aromatic heterocycles. The summed E-state index contributed by atoms with van der Waals surface area (Å²) >= 11 is 5.95. The molecule has 0 aliphatic rings. The van der Waals surface area contributed by atoms with Crippen LogP contribution in [0.4, 0.5) is 0 Å². The van der Waals surface area contributed by atoms with Crippen molar-refractivity contribution in [1.82, 2.24) is 5.32 Å². The molecule has 3 aromatic carbocycles. The highest BCUT2D eigenvalue weighted by Crippen LogP contribution is 2.27. The SMILES string of the molecule is Cc1oc2cc(OCC(=O)N[C@@H](CO)c3ccccc3)ccc2c(=O)c1-c1ccc(Cl)cc1. The molecule has 1 heterocycles. The summed E-state index contributed by atoms with van der Waals surface area (Å²) in [5.74, 6) is 0.479. The van der Waals surface area contributed by atoms with Gasteiger partial charge in [0.15, 0.2) is 6.61 Å². The Balaban J connectivity index is 1.50. The number of carbonyl (C=O) groups excluding carboxylic acids is 1. The molecule has 0 unspecified atom stereocenters. The van der Waals surface area contributed by atoms with Gasteiger partial charge in [-0.05, 0) is 42.3 Å². The van der Waals surface area contributed by atoms with Crippen molar-refractivity contribution < 1.29 is 19.1 Å². The van der Waals surface area contributed by atoms with E-state index in [4.69, 9.17) is 20.8 Å². The van der Waals surface area contributed by atoms with Crippen LogP contribution in [0, 0.1) is 6.92 Å². The Bertz CT molecular complexity index is 1330. The Hall–Kier alpha value is -3.61. The second-order valence-corrected chi connectivity index (χ2v) is 7.97. The molecule has 0 radical (unpaired) electrons. The van der Waals surface area contributed by atoms with E-state index < -0.39 is 6.04 Å². The summed E-state index contributed by atoms with van der Waals surface area (Å²) < 4.78 is 11.5. The third-order valence-electron chi connectivity index (χ3n) is 5.26. The number of aliphatic hydroxyl groups excluding tert-OH is 1. The van der Waals surface area contributed by atoms with E-state index in [1.54, 1.807) is 49.4 Å². The first-order chi connectivity index (χ1) is 16.0. The number of carbonyl (C=O) groups is 1. The number of benzene rings is 3. The lowest BCUT2D eigenvalue weighted by atomic mass is 10.0. The van der Waals surface area contributed by atoms with Crippen LogP contribution in [-0.4, -0.2) is 24.2 Å². The van der Waals surface area contributed by atoms with Crippen molar-refractivity contribution in [3.05, 3.63) is 99.4 Å². The minimum Gasteiger partial charge on any atom is -0.484 e. The third kappa shape index (κ3) is 5.08. The van der Waals surface area contributed by atoms with Crippen LogP contribution >= 0.6 is 11.6 Å². The first kappa shape index (κ1) is 22.6. The predicted octanol–water partition coefficient (Wildman–Crippen LogP) is 4.65. The predicted molar refractivity (Wildman–Crippen MR) is 128 cm³/mol. The van der Waals surface area contributed by atoms with Gasteiger partial charge < -0.3 is 19.6 Å². The second kappa shape index (κ2) is 9.90. The van der Waals surface area contributed by atoms with E-state index in [9.17, 15) is 14.7 Å². The maximum absolute atomic E-state index is 13.1. The first-order valence-electron chi connectivity index (χ1n) is 10.4. The van der Waals surface area contributed by atoms with Crippen LogP contribution < -0.4 is 15.5 Å². The van der Waals surface area contributed by atoms with Crippen LogP contribution in [0.1, 0.15) is 17.4 Å². The highest BCUT2D eigenvalue weighted by atomic mass is 35.5. The molecule has 2 N–H and O–H groups in total. The van der Waals surface area contributed by atoms with Crippen molar-refractivity contribution in [2.75, 3.05) is 13.2 Å². The summed E-state index contributed by atoms with van der Waals surface area (Å²) in [5, 5.41) is 13.3. The van der Waals surface area contributed by atoms with Crippen molar-refractivity contribution in [2.45, 2.75) is 13.0 Å². The smallest absolute Gasteiger partial charge is 0.258 e. The summed E-state index contributed by atoms with van der Waals surface area (Å²) in [6, 6.07) is 20.5. The van der Waals surface area contributed by atoms with Crippen molar-refractivity contribution in [3.63, 3.8) is 0 Å². The quantitative estimate of drug-likeness (QED) is 0.416. The average molecular weight is 464 g/mol. The van der Waals surface area contributed by atoms with Gasteiger partial charge in [0.25, 0.3) is 5.91 Å². The molecule has 0 saturated carbocycles. The van der Waals surface area contributed by atoms with Gasteiger partial charge in [0.05, 0.1) is 23.6 Å². The topological polar surface area (TPSA) is 88.8 Å². The number of halogens is 1. The number of fused-ring (bicyclic) bond motifs is 1. The van der Waals surface area contributed by atoms with Crippen LogP contribution in [0.3, 0.4) is 0 Å². The molecule has 0 saturated heterocycles. The molecular weight excluding hydrogens is 442 g/mol. The van der Waals surface area contributed by atoms with Crippen molar-refractivity contribution in [2.24, 2.45) is 0 Å². The van der Waals surface area contributed by atoms with Crippen molar-refractivity contribution >= 4 is 28.5 Å². The van der Waals surface area contributed by atoms with Gasteiger partial charge in [0.1, 0.15) is 17.1 Å². The minimum absolute atomic E-state index is 0.158. The van der Waals surface area contributed by atoms with Crippen LogP contribution in [-0.2, 0) is 4.79 Å². The molecule has 0 aliphatic carbocycles. The molecule has 0 fully saturated rings. The molecule has 4 aromatic rings. The van der Waals surface area contributed by atoms with Gasteiger partial charge in [-0.25, -0.2) is 0 Å². The van der Waals surface area contributed by atoms with Crippen molar-refractivity contribution in [3.8, 4) is 16.9 Å². The van der Waals surface area contributed by atoms with Gasteiger partial charge in [0, 0.05) is 11.1 Å². The molecule has 7 heteroatoms. The fourth-order valence-electron chi connectivity index (χ4n) is 3.63. The molecule has 6 nitrogen and oxygen atoms in total. The van der Waals surface area contributed by atoms with Gasteiger partial charge >= 0.3 is 0 Å². The zero-order valence-corrected chi connectivity index (χ0v) is 18.6. The number of amides is 1. The molecule has 33 heavy (non-hydrogen) atoms. The van der Waals surface area contributed by atoms with Gasteiger partial charge in [-0.15, -0.1) is 0 Å². The molecule has 1 amide bonds. The number of nitrogens with one attached hydrogen (secondary N) is 1. The Morgan fingerprint density at radius 1 is 1.09 bits per heavy atom. The molecule has 0 aliphatic heterocycles. The van der Waals surface area contributed by atoms with E-state index in [1.807, 2.05) is 30.3 Å². The van der Waals surface area contributed by atoms with E-state index in [2.05, 4.69) is 5.32 Å². The number of rotatable bonds is 7. The zero-order chi connectivity index (χ0) is 23.4. The summed E-state index contributed by atoms with van der Waals surface area (Å²) in [7, 11) is 0. The monoisotopic (exact) mass is 463 g/mol. The third-order valence-corrected chi connectivity index (χ3v) is 5.51. The highest BCUT2D eigenvalue weighted by Gasteiger charge is 2.16. The lowest BCUT2D eigenvalue weighted by molar-refractivity contribution is -0.124. The molecule has 0 bridgehead atoms. The number of hydrogen-bond donors (Lipinski definition) is 2. The Morgan fingerprint density at radius 3 is 2.52 bits per heavy atom. The molecule has 0 spiro atoms. The Labute approximate surface area is 195 Å². The molecule has 168 valence electrons. The Morgan fingerprint density at radius 2 is 1.82 bits per heavy atom. The first-order valence-corrected chi connectivity index (χ1v) is 10.8. The largest absolute Gasteiger partial charge is 0.484 e. The fraction of sp³-hybridized carbons (Fsp3) is 0.154. The van der Waals surface area contributed by atoms with Crippen LogP contribution in [0.5, 0.6) is 5.75 Å². The second-order valence-electron chi connectivity index (χ2n) is 7.53. The molecule has 1 atom stereocenters. The van der Waals surface area contributed by atoms with E-state index in [0.29, 0.717) is 33.1 Å². The number of hydrogen-bond acceptors (Lipinski definition) is 5. The van der Waals surface area contributed by atoms with Gasteiger partial charge in [-0.1, -0.05) is 54.1 Å². The lowest BCUT2D eigenvalue weighted by Gasteiger charge is -2.17. The summed E-state index contributed by atoms with van der Waals surface area (Å²) in [6.07, 6.45) is 0. The lowest BCUT2D eigenvalue weighted by Crippen LogP contribution is -2.34. The van der Waals surface area contributed by atoms with E-state index in [0.717, 1.165) is 11.1 Å². The van der Waals surface area contributed by atoms with Gasteiger partial charge in [-0.3, -0.25) is 9.59 Å². The number of aliphatic hydroxyl groups is 1. The summed E-state index contributed by atoms with van der Waals surface area (Å²) in [4.78, 5) is 25.4. The number of aryl methyl sites for hydroxylation is 1. The zero-order valence-electron chi connectivity index (χ0n) is 17.9. The number of ether oxygens (including phenoxy) is 1. The molecular formula is C26H22ClNO5. The summed E-state index contributed by atoms with van der Waals surface area (Å²) in [5.41, 5.74) is 2.21. The minimum atomic E-state index is -0.522. The normalized spacial score (nSPS) is 11.8. The van der Waals surface area contributed by atoms with Gasteiger partial charge in [0.2, 0.25) is 5.43 Å². The summed E-state index contributed by atoms with van der Waals surface area (Å²) in [6.45, 7) is 1.25. The van der Waals surface area contributed by atoms with Crippen LogP contribution in [0.25, 0.3) is 22.1 Å². The maximum Gasteiger partial charge on any atom is 0.258 e. The highest BCUT2D eigenvalue weighted by molar-refractivity contribution is 6.30. The maximum atomic E-state index is 13.1. The average Bonchev–Trinajstić information content (AvgIpc) is 2.82. The van der Waals surface area contributed by atoms with E-state index >= 15 is 0 Å². The Kier molecular flexibility index (Phi) is 6.77.